The van der Waals surface area contributed by atoms with Crippen molar-refractivity contribution >= 4 is 11.8 Å². The van der Waals surface area contributed by atoms with Gasteiger partial charge in [0.1, 0.15) is 0 Å². The van der Waals surface area contributed by atoms with Crippen LogP contribution in [0.1, 0.15) is 32.6 Å². The van der Waals surface area contributed by atoms with Gasteiger partial charge in [-0.1, -0.05) is 0 Å². The Hall–Kier alpha value is 0.270. The van der Waals surface area contributed by atoms with Crippen molar-refractivity contribution in [1.29, 1.82) is 0 Å². The molecule has 1 aliphatic carbocycles. The van der Waals surface area contributed by atoms with Crippen LogP contribution < -0.4 is 5.32 Å². The monoisotopic (exact) mass is 242 g/mol. The fourth-order valence-corrected chi connectivity index (χ4v) is 3.11. The molecule has 1 heterocycles. The molecule has 0 aromatic heterocycles. The zero-order valence-corrected chi connectivity index (χ0v) is 11.6. The molecule has 1 saturated carbocycles. The van der Waals surface area contributed by atoms with E-state index >= 15 is 0 Å². The molecular weight excluding hydrogens is 216 g/mol. The molecule has 2 rings (SSSR count). The minimum Gasteiger partial charge on any atom is -0.312 e. The summed E-state index contributed by atoms with van der Waals surface area (Å²) in [7, 11) is 0. The van der Waals surface area contributed by atoms with Crippen molar-refractivity contribution in [3.05, 3.63) is 0 Å². The fraction of sp³-hybridized carbons (Fsp3) is 1.00. The lowest BCUT2D eigenvalue weighted by Crippen LogP contribution is -2.41. The van der Waals surface area contributed by atoms with Gasteiger partial charge in [-0.15, -0.1) is 0 Å². The van der Waals surface area contributed by atoms with E-state index in [0.717, 1.165) is 18.0 Å². The van der Waals surface area contributed by atoms with Gasteiger partial charge in [-0.3, -0.25) is 4.90 Å². The van der Waals surface area contributed by atoms with Crippen LogP contribution in [0.3, 0.4) is 0 Å². The smallest absolute Gasteiger partial charge is 0.0223 e. The SMILES string of the molecule is CSCCCN1CC(C2CC2)NCCC1C. The van der Waals surface area contributed by atoms with Crippen LogP contribution in [0.15, 0.2) is 0 Å². The van der Waals surface area contributed by atoms with Crippen molar-refractivity contribution in [3.63, 3.8) is 0 Å². The largest absolute Gasteiger partial charge is 0.312 e. The van der Waals surface area contributed by atoms with E-state index in [9.17, 15) is 0 Å². The lowest BCUT2D eigenvalue weighted by molar-refractivity contribution is 0.200. The third-order valence-corrected chi connectivity index (χ3v) is 4.70. The maximum absolute atomic E-state index is 3.75. The second kappa shape index (κ2) is 6.27. The first kappa shape index (κ1) is 12.7. The molecule has 2 atom stereocenters. The first-order valence-electron chi connectivity index (χ1n) is 6.77. The highest BCUT2D eigenvalue weighted by Crippen LogP contribution is 2.34. The van der Waals surface area contributed by atoms with Crippen molar-refractivity contribution in [2.75, 3.05) is 31.6 Å². The van der Waals surface area contributed by atoms with Gasteiger partial charge in [-0.25, -0.2) is 0 Å². The maximum atomic E-state index is 3.75. The summed E-state index contributed by atoms with van der Waals surface area (Å²) < 4.78 is 0. The molecule has 94 valence electrons. The summed E-state index contributed by atoms with van der Waals surface area (Å²) in [5.74, 6) is 2.30. The molecule has 2 fully saturated rings. The van der Waals surface area contributed by atoms with Crippen LogP contribution in [-0.4, -0.2) is 48.6 Å². The molecule has 0 aromatic rings. The Morgan fingerprint density at radius 3 is 2.81 bits per heavy atom. The highest BCUT2D eigenvalue weighted by atomic mass is 32.2. The van der Waals surface area contributed by atoms with Gasteiger partial charge < -0.3 is 5.32 Å². The van der Waals surface area contributed by atoms with Crippen molar-refractivity contribution in [2.45, 2.75) is 44.7 Å². The van der Waals surface area contributed by atoms with Gasteiger partial charge in [0.15, 0.2) is 0 Å². The Morgan fingerprint density at radius 2 is 2.12 bits per heavy atom. The molecule has 1 aliphatic heterocycles. The zero-order valence-electron chi connectivity index (χ0n) is 10.7. The Kier molecular flexibility index (Phi) is 4.98. The van der Waals surface area contributed by atoms with E-state index in [-0.39, 0.29) is 0 Å². The van der Waals surface area contributed by atoms with Crippen LogP contribution in [0.5, 0.6) is 0 Å². The first-order valence-corrected chi connectivity index (χ1v) is 8.17. The minimum absolute atomic E-state index is 0.776. The predicted molar refractivity (Wildman–Crippen MR) is 73.2 cm³/mol. The summed E-state index contributed by atoms with van der Waals surface area (Å²) >= 11 is 1.97. The molecule has 0 aromatic carbocycles. The first-order chi connectivity index (χ1) is 7.81. The number of nitrogens with zero attached hydrogens (tertiary/aromatic N) is 1. The van der Waals surface area contributed by atoms with Gasteiger partial charge in [-0.2, -0.15) is 11.8 Å². The molecular formula is C13H26N2S. The van der Waals surface area contributed by atoms with Crippen LogP contribution >= 0.6 is 11.8 Å². The van der Waals surface area contributed by atoms with Crippen molar-refractivity contribution in [3.8, 4) is 0 Å². The van der Waals surface area contributed by atoms with Gasteiger partial charge in [-0.05, 0) is 63.6 Å². The predicted octanol–water partition coefficient (Wildman–Crippen LogP) is 2.20. The summed E-state index contributed by atoms with van der Waals surface area (Å²) in [5, 5.41) is 3.75. The Balaban J connectivity index is 1.80. The molecule has 2 unspecified atom stereocenters. The summed E-state index contributed by atoms with van der Waals surface area (Å²) in [6.07, 6.45) is 7.81. The van der Waals surface area contributed by atoms with E-state index < -0.39 is 0 Å². The summed E-state index contributed by atoms with van der Waals surface area (Å²) in [4.78, 5) is 2.72. The molecule has 16 heavy (non-hydrogen) atoms. The zero-order chi connectivity index (χ0) is 11.4. The second-order valence-electron chi connectivity index (χ2n) is 5.38. The van der Waals surface area contributed by atoms with E-state index in [2.05, 4.69) is 23.4 Å². The summed E-state index contributed by atoms with van der Waals surface area (Å²) in [6, 6.07) is 1.57. The number of hydrogen-bond donors (Lipinski definition) is 1. The number of hydrogen-bond acceptors (Lipinski definition) is 3. The van der Waals surface area contributed by atoms with Crippen molar-refractivity contribution in [2.24, 2.45) is 5.92 Å². The van der Waals surface area contributed by atoms with Gasteiger partial charge in [0, 0.05) is 18.6 Å². The molecule has 3 heteroatoms. The van der Waals surface area contributed by atoms with Crippen LogP contribution in [0, 0.1) is 5.92 Å². The van der Waals surface area contributed by atoms with Crippen LogP contribution in [0.2, 0.25) is 0 Å². The number of rotatable bonds is 5. The van der Waals surface area contributed by atoms with Crippen molar-refractivity contribution < 1.29 is 0 Å². The maximum Gasteiger partial charge on any atom is 0.0223 e. The topological polar surface area (TPSA) is 15.3 Å². The Labute approximate surface area is 105 Å². The summed E-state index contributed by atoms with van der Waals surface area (Å²) in [5.41, 5.74) is 0. The lowest BCUT2D eigenvalue weighted by atomic mass is 10.1. The van der Waals surface area contributed by atoms with Crippen LogP contribution in [0.4, 0.5) is 0 Å². The third kappa shape index (κ3) is 3.64. The van der Waals surface area contributed by atoms with Gasteiger partial charge in [0.25, 0.3) is 0 Å². The Bertz CT molecular complexity index is 206. The lowest BCUT2D eigenvalue weighted by Gasteiger charge is -2.29. The normalized spacial score (nSPS) is 32.6. The minimum atomic E-state index is 0.776. The van der Waals surface area contributed by atoms with Crippen LogP contribution in [0.25, 0.3) is 0 Å². The fourth-order valence-electron chi connectivity index (χ4n) is 2.70. The van der Waals surface area contributed by atoms with E-state index in [1.807, 2.05) is 11.8 Å². The molecule has 2 aliphatic rings. The van der Waals surface area contributed by atoms with Crippen LogP contribution in [-0.2, 0) is 0 Å². The van der Waals surface area contributed by atoms with Gasteiger partial charge >= 0.3 is 0 Å². The van der Waals surface area contributed by atoms with E-state index in [4.69, 9.17) is 0 Å². The third-order valence-electron chi connectivity index (χ3n) is 4.01. The van der Waals surface area contributed by atoms with E-state index in [1.54, 1.807) is 0 Å². The second-order valence-corrected chi connectivity index (χ2v) is 6.36. The molecule has 1 N–H and O–H groups in total. The van der Waals surface area contributed by atoms with Gasteiger partial charge in [0.2, 0.25) is 0 Å². The van der Waals surface area contributed by atoms with E-state index in [0.29, 0.717) is 0 Å². The molecule has 0 amide bonds. The van der Waals surface area contributed by atoms with E-state index in [1.165, 1.54) is 51.1 Å². The standard InChI is InChI=1S/C13H26N2S/c1-11-6-7-14-13(12-4-5-12)10-15(11)8-3-9-16-2/h11-14H,3-10H2,1-2H3. The van der Waals surface area contributed by atoms with Gasteiger partial charge in [0.05, 0.1) is 0 Å². The quantitative estimate of drug-likeness (QED) is 0.744. The average molecular weight is 242 g/mol. The van der Waals surface area contributed by atoms with Crippen molar-refractivity contribution in [1.82, 2.24) is 10.2 Å². The molecule has 2 nitrogen and oxygen atoms in total. The molecule has 0 spiro atoms. The average Bonchev–Trinajstić information content (AvgIpc) is 3.08. The Morgan fingerprint density at radius 1 is 1.31 bits per heavy atom. The highest BCUT2D eigenvalue weighted by molar-refractivity contribution is 7.98. The number of nitrogens with one attached hydrogen (secondary N) is 1. The molecule has 1 saturated heterocycles. The highest BCUT2D eigenvalue weighted by Gasteiger charge is 2.34. The molecule has 0 bridgehead atoms. The molecule has 0 radical (unpaired) electrons. The summed E-state index contributed by atoms with van der Waals surface area (Å²) in [6.45, 7) is 6.21. The number of thioether (sulfide) groups is 1.